The first-order valence-corrected chi connectivity index (χ1v) is 7.21. The van der Waals surface area contributed by atoms with Crippen LogP contribution in [0.2, 0.25) is 0 Å². The Kier molecular flexibility index (Phi) is 3.34. The lowest BCUT2D eigenvalue weighted by molar-refractivity contribution is 0.00578. The highest BCUT2D eigenvalue weighted by Crippen LogP contribution is 2.36. The quantitative estimate of drug-likeness (QED) is 0.630. The van der Waals surface area contributed by atoms with Gasteiger partial charge in [0.05, 0.1) is 18.3 Å². The van der Waals surface area contributed by atoms with Gasteiger partial charge in [-0.2, -0.15) is 0 Å². The van der Waals surface area contributed by atoms with Gasteiger partial charge in [-0.05, 0) is 45.3 Å². The van der Waals surface area contributed by atoms with Crippen molar-refractivity contribution in [2.75, 3.05) is 7.11 Å². The molecule has 2 heterocycles. The molecule has 1 fully saturated rings. The van der Waals surface area contributed by atoms with Crippen molar-refractivity contribution < 1.29 is 23.3 Å². The van der Waals surface area contributed by atoms with Crippen LogP contribution in [0.1, 0.15) is 38.2 Å². The summed E-state index contributed by atoms with van der Waals surface area (Å²) in [6.07, 6.45) is 0. The van der Waals surface area contributed by atoms with Crippen molar-refractivity contribution in [2.24, 2.45) is 0 Å². The van der Waals surface area contributed by atoms with Crippen molar-refractivity contribution >= 4 is 29.5 Å². The summed E-state index contributed by atoms with van der Waals surface area (Å²) < 4.78 is 22.2. The summed E-state index contributed by atoms with van der Waals surface area (Å²) in [5, 5.41) is 0.813. The molecule has 1 aliphatic heterocycles. The molecule has 0 spiro atoms. The maximum absolute atomic E-state index is 11.5. The highest BCUT2D eigenvalue weighted by molar-refractivity contribution is 6.62. The molecule has 0 atom stereocenters. The standard InChI is InChI=1S/C16H19BO5/c1-15(2)16(3,4)22-17(21-15)11-6-7-12-10(8-11)9-13(20-12)14(18)19-5/h6-9H,1-5H3. The molecule has 5 nitrogen and oxygen atoms in total. The van der Waals surface area contributed by atoms with E-state index in [0.717, 1.165) is 10.8 Å². The first-order valence-electron chi connectivity index (χ1n) is 7.21. The average molecular weight is 302 g/mol. The molecule has 1 saturated heterocycles. The molecule has 1 aromatic carbocycles. The van der Waals surface area contributed by atoms with E-state index >= 15 is 0 Å². The van der Waals surface area contributed by atoms with E-state index in [4.69, 9.17) is 13.7 Å². The molecule has 0 saturated carbocycles. The van der Waals surface area contributed by atoms with Crippen molar-refractivity contribution in [3.8, 4) is 0 Å². The van der Waals surface area contributed by atoms with Crippen molar-refractivity contribution in [3.63, 3.8) is 0 Å². The van der Waals surface area contributed by atoms with Gasteiger partial charge in [-0.3, -0.25) is 0 Å². The smallest absolute Gasteiger partial charge is 0.463 e. The monoisotopic (exact) mass is 302 g/mol. The van der Waals surface area contributed by atoms with Gasteiger partial charge in [0, 0.05) is 5.39 Å². The number of fused-ring (bicyclic) bond motifs is 1. The van der Waals surface area contributed by atoms with Gasteiger partial charge in [0.15, 0.2) is 0 Å². The second kappa shape index (κ2) is 4.86. The Hall–Kier alpha value is -1.79. The van der Waals surface area contributed by atoms with Crippen LogP contribution in [0.3, 0.4) is 0 Å². The van der Waals surface area contributed by atoms with Crippen LogP contribution in [-0.2, 0) is 14.0 Å². The number of methoxy groups -OCH3 is 1. The van der Waals surface area contributed by atoms with Crippen LogP contribution in [0.5, 0.6) is 0 Å². The lowest BCUT2D eigenvalue weighted by Gasteiger charge is -2.32. The van der Waals surface area contributed by atoms with Gasteiger partial charge in [0.1, 0.15) is 5.58 Å². The highest BCUT2D eigenvalue weighted by Gasteiger charge is 2.51. The number of carbonyl (C=O) groups is 1. The molecule has 6 heteroatoms. The van der Waals surface area contributed by atoms with E-state index in [2.05, 4.69) is 4.74 Å². The highest BCUT2D eigenvalue weighted by atomic mass is 16.7. The molecular weight excluding hydrogens is 283 g/mol. The number of carbonyl (C=O) groups excluding carboxylic acids is 1. The molecule has 2 aromatic rings. The molecule has 0 bridgehead atoms. The molecule has 0 aliphatic carbocycles. The van der Waals surface area contributed by atoms with Crippen molar-refractivity contribution in [2.45, 2.75) is 38.9 Å². The Bertz CT molecular complexity index is 715. The zero-order valence-electron chi connectivity index (χ0n) is 13.4. The predicted octanol–water partition coefficient (Wildman–Crippen LogP) is 2.52. The van der Waals surface area contributed by atoms with Crippen molar-refractivity contribution in [1.82, 2.24) is 0 Å². The summed E-state index contributed by atoms with van der Waals surface area (Å²) >= 11 is 0. The fourth-order valence-corrected chi connectivity index (χ4v) is 2.39. The van der Waals surface area contributed by atoms with E-state index in [9.17, 15) is 4.79 Å². The number of esters is 1. The molecule has 0 amide bonds. The number of rotatable bonds is 2. The second-order valence-corrected chi connectivity index (χ2v) is 6.49. The molecule has 0 unspecified atom stereocenters. The summed E-state index contributed by atoms with van der Waals surface area (Å²) in [6.45, 7) is 8.05. The second-order valence-electron chi connectivity index (χ2n) is 6.49. The molecule has 1 aliphatic rings. The van der Waals surface area contributed by atoms with Gasteiger partial charge in [-0.25, -0.2) is 4.79 Å². The molecule has 116 valence electrons. The molecule has 1 aromatic heterocycles. The van der Waals surface area contributed by atoms with E-state index < -0.39 is 13.1 Å². The molecule has 22 heavy (non-hydrogen) atoms. The van der Waals surface area contributed by atoms with Gasteiger partial charge < -0.3 is 18.5 Å². The Morgan fingerprint density at radius 3 is 2.32 bits per heavy atom. The summed E-state index contributed by atoms with van der Waals surface area (Å²) in [6, 6.07) is 7.26. The normalized spacial score (nSPS) is 19.6. The first-order chi connectivity index (χ1) is 10.2. The SMILES string of the molecule is COC(=O)c1cc2cc(B3OC(C)(C)C(C)(C)O3)ccc2o1. The average Bonchev–Trinajstić information content (AvgIpc) is 2.96. The van der Waals surface area contributed by atoms with Crippen LogP contribution in [-0.4, -0.2) is 31.4 Å². The largest absolute Gasteiger partial charge is 0.494 e. The lowest BCUT2D eigenvalue weighted by Crippen LogP contribution is -2.41. The van der Waals surface area contributed by atoms with Crippen LogP contribution in [0.4, 0.5) is 0 Å². The van der Waals surface area contributed by atoms with Crippen LogP contribution in [0.25, 0.3) is 11.0 Å². The fourth-order valence-electron chi connectivity index (χ4n) is 2.39. The van der Waals surface area contributed by atoms with E-state index in [1.165, 1.54) is 7.11 Å². The summed E-state index contributed by atoms with van der Waals surface area (Å²) in [7, 11) is 0.886. The Labute approximate surface area is 129 Å². The summed E-state index contributed by atoms with van der Waals surface area (Å²) in [5.41, 5.74) is 0.740. The number of furan rings is 1. The van der Waals surface area contributed by atoms with E-state index in [1.807, 2.05) is 45.9 Å². The third-order valence-electron chi connectivity index (χ3n) is 4.45. The third-order valence-corrected chi connectivity index (χ3v) is 4.45. The molecule has 0 radical (unpaired) electrons. The van der Waals surface area contributed by atoms with Gasteiger partial charge >= 0.3 is 13.1 Å². The Morgan fingerprint density at radius 1 is 1.09 bits per heavy atom. The van der Waals surface area contributed by atoms with Gasteiger partial charge in [-0.15, -0.1) is 0 Å². The van der Waals surface area contributed by atoms with Crippen molar-refractivity contribution in [1.29, 1.82) is 0 Å². The van der Waals surface area contributed by atoms with Crippen LogP contribution in [0.15, 0.2) is 28.7 Å². The first kappa shape index (κ1) is 15.1. The summed E-state index contributed by atoms with van der Waals surface area (Å²) in [4.78, 5) is 11.5. The fraction of sp³-hybridized carbons (Fsp3) is 0.438. The third kappa shape index (κ3) is 2.32. The zero-order valence-corrected chi connectivity index (χ0v) is 13.4. The number of hydrogen-bond acceptors (Lipinski definition) is 5. The van der Waals surface area contributed by atoms with E-state index in [-0.39, 0.29) is 17.0 Å². The lowest BCUT2D eigenvalue weighted by atomic mass is 9.79. The minimum Gasteiger partial charge on any atom is -0.463 e. The van der Waals surface area contributed by atoms with Gasteiger partial charge in [-0.1, -0.05) is 12.1 Å². The summed E-state index contributed by atoms with van der Waals surface area (Å²) in [5.74, 6) is -0.308. The number of ether oxygens (including phenoxy) is 1. The Morgan fingerprint density at radius 2 is 1.73 bits per heavy atom. The predicted molar refractivity (Wildman–Crippen MR) is 83.3 cm³/mol. The van der Waals surface area contributed by atoms with E-state index in [1.54, 1.807) is 6.07 Å². The van der Waals surface area contributed by atoms with Crippen LogP contribution in [0, 0.1) is 0 Å². The maximum Gasteiger partial charge on any atom is 0.494 e. The van der Waals surface area contributed by atoms with Gasteiger partial charge in [0.2, 0.25) is 5.76 Å². The minimum absolute atomic E-state index is 0.184. The zero-order chi connectivity index (χ0) is 16.1. The van der Waals surface area contributed by atoms with E-state index in [0.29, 0.717) is 5.58 Å². The topological polar surface area (TPSA) is 57.9 Å². The van der Waals surface area contributed by atoms with Crippen LogP contribution >= 0.6 is 0 Å². The van der Waals surface area contributed by atoms with Crippen LogP contribution < -0.4 is 5.46 Å². The molecule has 0 N–H and O–H groups in total. The number of benzene rings is 1. The molecular formula is C16H19BO5. The number of hydrogen-bond donors (Lipinski definition) is 0. The minimum atomic E-state index is -0.492. The maximum atomic E-state index is 11.5. The molecule has 3 rings (SSSR count). The van der Waals surface area contributed by atoms with Crippen molar-refractivity contribution in [3.05, 3.63) is 30.0 Å². The van der Waals surface area contributed by atoms with Gasteiger partial charge in [0.25, 0.3) is 0 Å². The Balaban J connectivity index is 1.95.